The van der Waals surface area contributed by atoms with Crippen molar-refractivity contribution in [2.75, 3.05) is 13.2 Å². The average molecular weight is 354 g/mol. The molecule has 0 unspecified atom stereocenters. The van der Waals surface area contributed by atoms with E-state index in [2.05, 4.69) is 15.4 Å². The van der Waals surface area contributed by atoms with Crippen LogP contribution >= 0.6 is 0 Å². The Hall–Kier alpha value is -2.38. The van der Waals surface area contributed by atoms with Crippen molar-refractivity contribution in [2.45, 2.75) is 38.3 Å². The van der Waals surface area contributed by atoms with Crippen molar-refractivity contribution in [3.05, 3.63) is 23.8 Å². The zero-order valence-electron chi connectivity index (χ0n) is 13.6. The molecule has 1 heterocycles. The molecule has 1 aromatic carbocycles. The molecule has 2 N–H and O–H groups in total. The van der Waals surface area contributed by atoms with Crippen molar-refractivity contribution in [3.63, 3.8) is 0 Å². The third-order valence-corrected chi connectivity index (χ3v) is 4.18. The summed E-state index contributed by atoms with van der Waals surface area (Å²) in [6.07, 6.45) is 3.44. The fourth-order valence-electron chi connectivity index (χ4n) is 2.60. The summed E-state index contributed by atoms with van der Waals surface area (Å²) in [5, 5.41) is 5.34. The number of halogens is 2. The average Bonchev–Trinajstić information content (AvgIpc) is 3.40. The normalized spacial score (nSPS) is 20.1. The number of ether oxygens (including phenoxy) is 2. The first-order valence-corrected chi connectivity index (χ1v) is 8.33. The number of carbonyl (C=O) groups excluding carboxylic acids is 2. The summed E-state index contributed by atoms with van der Waals surface area (Å²) in [5.41, 5.74) is 0.228. The predicted octanol–water partition coefficient (Wildman–Crippen LogP) is 2.09. The highest BCUT2D eigenvalue weighted by molar-refractivity contribution is 5.98. The molecule has 1 atom stereocenters. The van der Waals surface area contributed by atoms with E-state index < -0.39 is 18.6 Å². The molecule has 0 aromatic heterocycles. The Morgan fingerprint density at radius 2 is 2.08 bits per heavy atom. The van der Waals surface area contributed by atoms with Gasteiger partial charge in [-0.25, -0.2) is 0 Å². The topological polar surface area (TPSA) is 76.7 Å². The molecule has 8 heteroatoms. The van der Waals surface area contributed by atoms with E-state index in [1.54, 1.807) is 0 Å². The number of benzene rings is 1. The van der Waals surface area contributed by atoms with E-state index in [0.29, 0.717) is 25.5 Å². The van der Waals surface area contributed by atoms with Gasteiger partial charge in [0.1, 0.15) is 6.04 Å². The Morgan fingerprint density at radius 3 is 2.76 bits per heavy atom. The number of rotatable bonds is 7. The molecule has 136 valence electrons. The maximum Gasteiger partial charge on any atom is 0.387 e. The maximum atomic E-state index is 12.5. The van der Waals surface area contributed by atoms with Gasteiger partial charge in [-0.2, -0.15) is 8.78 Å². The minimum absolute atomic E-state index is 0.105. The quantitative estimate of drug-likeness (QED) is 0.786. The minimum Gasteiger partial charge on any atom is -0.489 e. The van der Waals surface area contributed by atoms with Crippen LogP contribution in [0.25, 0.3) is 0 Å². The zero-order chi connectivity index (χ0) is 17.8. The molecule has 1 aliphatic heterocycles. The molecule has 1 aliphatic carbocycles. The molecule has 1 saturated heterocycles. The molecule has 6 nitrogen and oxygen atoms in total. The third-order valence-electron chi connectivity index (χ3n) is 4.18. The molecule has 1 saturated carbocycles. The van der Waals surface area contributed by atoms with Crippen LogP contribution in [0.1, 0.15) is 36.0 Å². The predicted molar refractivity (Wildman–Crippen MR) is 84.8 cm³/mol. The number of nitrogens with one attached hydrogen (secondary N) is 2. The number of carbonyl (C=O) groups is 2. The van der Waals surface area contributed by atoms with E-state index >= 15 is 0 Å². The number of hydrogen-bond acceptors (Lipinski definition) is 4. The Balaban J connectivity index is 1.71. The van der Waals surface area contributed by atoms with Gasteiger partial charge in [0, 0.05) is 12.1 Å². The largest absolute Gasteiger partial charge is 0.489 e. The van der Waals surface area contributed by atoms with E-state index in [4.69, 9.17) is 4.74 Å². The molecule has 0 radical (unpaired) electrons. The number of alkyl halides is 2. The van der Waals surface area contributed by atoms with Crippen LogP contribution in [0.3, 0.4) is 0 Å². The molecule has 2 fully saturated rings. The van der Waals surface area contributed by atoms with Gasteiger partial charge in [0.25, 0.3) is 5.91 Å². The standard InChI is InChI=1S/C17H20F2N2O4/c18-17(19)25-13-6-5-11(8-14(13)24-9-10-3-4-10)15(22)21-12-2-1-7-20-16(12)23/h5-6,8,10,12,17H,1-4,7,9H2,(H,20,23)(H,21,22)/t12-/m0/s1. The number of piperidine rings is 1. The maximum absolute atomic E-state index is 12.5. The van der Waals surface area contributed by atoms with Crippen LogP contribution in [0.4, 0.5) is 8.78 Å². The van der Waals surface area contributed by atoms with Crippen LogP contribution in [-0.2, 0) is 4.79 Å². The summed E-state index contributed by atoms with van der Waals surface area (Å²) in [5.74, 6) is -0.261. The van der Waals surface area contributed by atoms with Crippen molar-refractivity contribution >= 4 is 11.8 Å². The van der Waals surface area contributed by atoms with Gasteiger partial charge in [-0.15, -0.1) is 0 Å². The molecule has 0 bridgehead atoms. The summed E-state index contributed by atoms with van der Waals surface area (Å²) >= 11 is 0. The highest BCUT2D eigenvalue weighted by Gasteiger charge is 2.26. The summed E-state index contributed by atoms with van der Waals surface area (Å²) in [6, 6.07) is 3.44. The smallest absolute Gasteiger partial charge is 0.387 e. The van der Waals surface area contributed by atoms with Crippen LogP contribution in [0.5, 0.6) is 11.5 Å². The van der Waals surface area contributed by atoms with Gasteiger partial charge < -0.3 is 20.1 Å². The van der Waals surface area contributed by atoms with Gasteiger partial charge in [-0.05, 0) is 49.8 Å². The molecule has 2 amide bonds. The molecular formula is C17H20F2N2O4. The van der Waals surface area contributed by atoms with Crippen molar-refractivity contribution in [3.8, 4) is 11.5 Å². The lowest BCUT2D eigenvalue weighted by molar-refractivity contribution is -0.124. The Bertz CT molecular complexity index is 650. The Morgan fingerprint density at radius 1 is 1.28 bits per heavy atom. The minimum atomic E-state index is -2.98. The lowest BCUT2D eigenvalue weighted by Gasteiger charge is -2.23. The molecule has 3 rings (SSSR count). The zero-order valence-corrected chi connectivity index (χ0v) is 13.6. The van der Waals surface area contributed by atoms with Crippen molar-refractivity contribution in [2.24, 2.45) is 5.92 Å². The van der Waals surface area contributed by atoms with Crippen LogP contribution in [-0.4, -0.2) is 37.6 Å². The van der Waals surface area contributed by atoms with E-state index in [-0.39, 0.29) is 23.0 Å². The van der Waals surface area contributed by atoms with Crippen LogP contribution in [0, 0.1) is 5.92 Å². The Labute approximate surface area is 143 Å². The van der Waals surface area contributed by atoms with E-state index in [1.165, 1.54) is 18.2 Å². The summed E-state index contributed by atoms with van der Waals surface area (Å²) in [4.78, 5) is 24.1. The highest BCUT2D eigenvalue weighted by atomic mass is 19.3. The van der Waals surface area contributed by atoms with E-state index in [1.807, 2.05) is 0 Å². The first kappa shape index (κ1) is 17.4. The monoisotopic (exact) mass is 354 g/mol. The summed E-state index contributed by atoms with van der Waals surface area (Å²) in [6.45, 7) is -1.98. The van der Waals surface area contributed by atoms with Crippen LogP contribution in [0.2, 0.25) is 0 Å². The molecular weight excluding hydrogens is 334 g/mol. The Kier molecular flexibility index (Phi) is 5.35. The van der Waals surface area contributed by atoms with Crippen LogP contribution in [0.15, 0.2) is 18.2 Å². The second-order valence-corrected chi connectivity index (χ2v) is 6.25. The lowest BCUT2D eigenvalue weighted by Crippen LogP contribution is -2.50. The van der Waals surface area contributed by atoms with Crippen molar-refractivity contribution in [1.29, 1.82) is 0 Å². The number of amides is 2. The fraction of sp³-hybridized carbons (Fsp3) is 0.529. The van der Waals surface area contributed by atoms with Gasteiger partial charge in [0.05, 0.1) is 6.61 Å². The third kappa shape index (κ3) is 4.80. The van der Waals surface area contributed by atoms with Crippen molar-refractivity contribution < 1.29 is 27.8 Å². The first-order valence-electron chi connectivity index (χ1n) is 8.33. The number of hydrogen-bond donors (Lipinski definition) is 2. The van der Waals surface area contributed by atoms with Gasteiger partial charge >= 0.3 is 6.61 Å². The summed E-state index contributed by atoms with van der Waals surface area (Å²) in [7, 11) is 0. The van der Waals surface area contributed by atoms with Crippen molar-refractivity contribution in [1.82, 2.24) is 10.6 Å². The van der Waals surface area contributed by atoms with Gasteiger partial charge in [-0.3, -0.25) is 9.59 Å². The van der Waals surface area contributed by atoms with Gasteiger partial charge in [-0.1, -0.05) is 0 Å². The second-order valence-electron chi connectivity index (χ2n) is 6.25. The van der Waals surface area contributed by atoms with Gasteiger partial charge in [0.15, 0.2) is 11.5 Å². The first-order chi connectivity index (χ1) is 12.0. The highest BCUT2D eigenvalue weighted by Crippen LogP contribution is 2.34. The molecule has 0 spiro atoms. The van der Waals surface area contributed by atoms with Gasteiger partial charge in [0.2, 0.25) is 5.91 Å². The molecule has 25 heavy (non-hydrogen) atoms. The van der Waals surface area contributed by atoms with E-state index in [0.717, 1.165) is 19.3 Å². The SMILES string of the molecule is O=C(N[C@H]1CCCNC1=O)c1ccc(OC(F)F)c(OCC2CC2)c1. The molecule has 1 aromatic rings. The van der Waals surface area contributed by atoms with E-state index in [9.17, 15) is 18.4 Å². The fourth-order valence-corrected chi connectivity index (χ4v) is 2.60. The van der Waals surface area contributed by atoms with Crippen LogP contribution < -0.4 is 20.1 Å². The second kappa shape index (κ2) is 7.67. The lowest BCUT2D eigenvalue weighted by atomic mass is 10.1. The molecule has 2 aliphatic rings. The summed E-state index contributed by atoms with van der Waals surface area (Å²) < 4.78 is 35.0.